The molecule has 0 aromatic heterocycles. The van der Waals surface area contributed by atoms with Gasteiger partial charge in [-0.2, -0.15) is 6.92 Å². The summed E-state index contributed by atoms with van der Waals surface area (Å²) in [5, 5.41) is 0. The maximum absolute atomic E-state index is 8.83. The van der Waals surface area contributed by atoms with Gasteiger partial charge < -0.3 is 21.8 Å². The Hall–Kier alpha value is 0.776. The van der Waals surface area contributed by atoms with Gasteiger partial charge in [0.05, 0.1) is 0 Å². The maximum atomic E-state index is 8.83. The molecule has 9 heavy (non-hydrogen) atoms. The predicted octanol–water partition coefficient (Wildman–Crippen LogP) is -2.73. The first kappa shape index (κ1) is 22.6. The van der Waals surface area contributed by atoms with E-state index in [1.54, 1.807) is 0 Å². The fourth-order valence-corrected chi connectivity index (χ4v) is 0. The quantitative estimate of drug-likeness (QED) is 0.306. The van der Waals surface area contributed by atoms with Crippen molar-refractivity contribution in [3.63, 3.8) is 0 Å². The molecule has 0 rings (SSSR count). The molecule has 0 aliphatic carbocycles. The van der Waals surface area contributed by atoms with Crippen LogP contribution in [0.4, 0.5) is 0 Å². The van der Waals surface area contributed by atoms with Crippen LogP contribution in [-0.2, 0) is 14.3 Å². The topological polar surface area (TPSA) is 43.4 Å². The second kappa shape index (κ2) is 37.2. The molecule has 3 nitrogen and oxygen atoms in total. The summed E-state index contributed by atoms with van der Waals surface area (Å²) in [7, 11) is 1.26. The minimum Gasteiger partial charge on any atom is -0.655 e. The SMILES string of the molecule is CO[C-]=O.C[C-]=O.[CH3-].[K+]. The second-order valence-corrected chi connectivity index (χ2v) is 0.492. The number of methoxy groups -OCH3 is 1. The van der Waals surface area contributed by atoms with E-state index >= 15 is 0 Å². The zero-order valence-electron chi connectivity index (χ0n) is 6.22. The van der Waals surface area contributed by atoms with E-state index < -0.39 is 0 Å². The molecule has 0 amide bonds. The van der Waals surface area contributed by atoms with E-state index in [1.165, 1.54) is 26.8 Å². The minimum atomic E-state index is 0. The average Bonchev–Trinajstić information content (AvgIpc) is 1.69. The van der Waals surface area contributed by atoms with Crippen molar-refractivity contribution in [1.82, 2.24) is 0 Å². The van der Waals surface area contributed by atoms with Crippen LogP contribution in [0.15, 0.2) is 0 Å². The summed E-state index contributed by atoms with van der Waals surface area (Å²) in [5.74, 6) is 0. The van der Waals surface area contributed by atoms with Gasteiger partial charge >= 0.3 is 51.4 Å². The van der Waals surface area contributed by atoms with E-state index in [9.17, 15) is 0 Å². The summed E-state index contributed by atoms with van der Waals surface area (Å²) >= 11 is 0. The van der Waals surface area contributed by atoms with Crippen molar-refractivity contribution < 1.29 is 65.7 Å². The molecule has 0 spiro atoms. The fourth-order valence-electron chi connectivity index (χ4n) is 0. The van der Waals surface area contributed by atoms with E-state index in [-0.39, 0.29) is 58.8 Å². The summed E-state index contributed by atoms with van der Waals surface area (Å²) in [6.45, 7) is 2.50. The van der Waals surface area contributed by atoms with E-state index in [0.29, 0.717) is 0 Å². The molecule has 50 valence electrons. The molecule has 0 saturated carbocycles. The Morgan fingerprint density at radius 3 is 1.44 bits per heavy atom. The Kier molecular flexibility index (Phi) is 93.3. The van der Waals surface area contributed by atoms with Gasteiger partial charge in [0.2, 0.25) is 0 Å². The normalized spacial score (nSPS) is 3.78. The molecule has 0 radical (unpaired) electrons. The smallest absolute Gasteiger partial charge is 0.655 e. The van der Waals surface area contributed by atoms with Gasteiger partial charge in [-0.15, -0.1) is 0 Å². The number of carbonyl (C=O) groups excluding carboxylic acids is 2. The van der Waals surface area contributed by atoms with Gasteiger partial charge in [-0.25, -0.2) is 0 Å². The summed E-state index contributed by atoms with van der Waals surface area (Å²) < 4.78 is 3.74. The molecule has 4 heteroatoms. The Morgan fingerprint density at radius 2 is 1.44 bits per heavy atom. The summed E-state index contributed by atoms with van der Waals surface area (Å²) in [4.78, 5) is 17.5. The van der Waals surface area contributed by atoms with E-state index in [0.717, 1.165) is 0 Å². The third-order valence-electron chi connectivity index (χ3n) is 0.0833. The fraction of sp³-hybridized carbons (Fsp3) is 0.400. The zero-order valence-corrected chi connectivity index (χ0v) is 9.35. The molecular weight excluding hydrogens is 147 g/mol. The molecule has 0 aliphatic rings. The zero-order chi connectivity index (χ0) is 6.12. The second-order valence-electron chi connectivity index (χ2n) is 0.492. The minimum absolute atomic E-state index is 0. The van der Waals surface area contributed by atoms with Crippen molar-refractivity contribution in [2.45, 2.75) is 6.92 Å². The molecule has 0 aromatic rings. The molecule has 0 fully saturated rings. The molecule has 0 aliphatic heterocycles. The number of hydrogen-bond acceptors (Lipinski definition) is 3. The Balaban J connectivity index is -0.0000000233. The third-order valence-corrected chi connectivity index (χ3v) is 0.0833. The number of ether oxygens (including phenoxy) is 1. The molecule has 0 saturated heterocycles. The third kappa shape index (κ3) is 128. The van der Waals surface area contributed by atoms with Crippen LogP contribution in [0.1, 0.15) is 6.92 Å². The number of rotatable bonds is 1. The Bertz CT molecular complexity index is 47.5. The maximum Gasteiger partial charge on any atom is 1.00 e. The molecule has 0 N–H and O–H groups in total. The first-order chi connectivity index (χ1) is 3.33. The predicted molar refractivity (Wildman–Crippen MR) is 30.5 cm³/mol. The number of hydrogen-bond donors (Lipinski definition) is 0. The van der Waals surface area contributed by atoms with Gasteiger partial charge in [-0.1, -0.05) is 6.47 Å². The molecule has 0 unspecified atom stereocenters. The van der Waals surface area contributed by atoms with Gasteiger partial charge in [-0.3, -0.25) is 6.29 Å². The first-order valence-electron chi connectivity index (χ1n) is 1.52. The summed E-state index contributed by atoms with van der Waals surface area (Å²) in [6, 6.07) is 0. The van der Waals surface area contributed by atoms with Gasteiger partial charge in [0.25, 0.3) is 0 Å². The van der Waals surface area contributed by atoms with Crippen molar-refractivity contribution in [1.29, 1.82) is 0 Å². The van der Waals surface area contributed by atoms with Crippen LogP contribution < -0.4 is 51.4 Å². The molecular formula is C5H9KO3-2. The van der Waals surface area contributed by atoms with Crippen LogP contribution in [-0.4, -0.2) is 19.9 Å². The van der Waals surface area contributed by atoms with Crippen molar-refractivity contribution in [3.8, 4) is 0 Å². The van der Waals surface area contributed by atoms with Gasteiger partial charge in [0, 0.05) is 7.11 Å². The molecule has 0 bridgehead atoms. The van der Waals surface area contributed by atoms with Gasteiger partial charge in [0.15, 0.2) is 0 Å². The van der Waals surface area contributed by atoms with Gasteiger partial charge in [0.1, 0.15) is 0 Å². The van der Waals surface area contributed by atoms with E-state index in [1.807, 2.05) is 0 Å². The van der Waals surface area contributed by atoms with Crippen LogP contribution in [0.25, 0.3) is 0 Å². The van der Waals surface area contributed by atoms with Crippen LogP contribution in [0.5, 0.6) is 0 Å². The van der Waals surface area contributed by atoms with Crippen molar-refractivity contribution in [2.75, 3.05) is 7.11 Å². The first-order valence-corrected chi connectivity index (χ1v) is 1.52. The molecule has 0 aromatic carbocycles. The van der Waals surface area contributed by atoms with Crippen molar-refractivity contribution >= 4 is 12.8 Å². The van der Waals surface area contributed by atoms with Crippen LogP contribution in [0, 0.1) is 7.43 Å². The van der Waals surface area contributed by atoms with Crippen LogP contribution in [0.2, 0.25) is 0 Å². The van der Waals surface area contributed by atoms with Crippen molar-refractivity contribution in [2.24, 2.45) is 0 Å². The Morgan fingerprint density at radius 1 is 1.33 bits per heavy atom. The van der Waals surface area contributed by atoms with E-state index in [2.05, 4.69) is 4.74 Å². The van der Waals surface area contributed by atoms with Crippen molar-refractivity contribution in [3.05, 3.63) is 7.43 Å². The summed E-state index contributed by atoms with van der Waals surface area (Å²) in [6.07, 6.45) is 1.50. The van der Waals surface area contributed by atoms with Gasteiger partial charge in [-0.05, 0) is 0 Å². The average molecular weight is 156 g/mol. The molecule has 0 heterocycles. The van der Waals surface area contributed by atoms with E-state index in [4.69, 9.17) is 9.59 Å². The molecule has 0 atom stereocenters. The summed E-state index contributed by atoms with van der Waals surface area (Å²) in [5.41, 5.74) is 0. The van der Waals surface area contributed by atoms with Crippen LogP contribution in [0.3, 0.4) is 0 Å². The largest absolute Gasteiger partial charge is 1.00 e. The Labute approximate surface area is 98.6 Å². The monoisotopic (exact) mass is 156 g/mol. The standard InChI is InChI=1S/C2H3O2.C2H3O.CH3.K/c1-4-2-3;1-2-3;;/h1H3;1H3;1H3;/q3*-1;+1. The van der Waals surface area contributed by atoms with Crippen LogP contribution >= 0.6 is 0 Å².